The van der Waals surface area contributed by atoms with Crippen LogP contribution in [-0.4, -0.2) is 25.4 Å². The van der Waals surface area contributed by atoms with E-state index in [0.717, 1.165) is 11.1 Å². The third kappa shape index (κ3) is 2.67. The molecule has 0 spiro atoms. The first-order valence-electron chi connectivity index (χ1n) is 7.12. The maximum Gasteiger partial charge on any atom is 0.182 e. The number of hydrogen-bond donors (Lipinski definition) is 1. The predicted molar refractivity (Wildman–Crippen MR) is 86.9 cm³/mol. The van der Waals surface area contributed by atoms with Gasteiger partial charge in [0.15, 0.2) is 9.84 Å². The molecule has 5 heteroatoms. The van der Waals surface area contributed by atoms with Gasteiger partial charge in [0.1, 0.15) is 0 Å². The Morgan fingerprint density at radius 2 is 1.82 bits per heavy atom. The maximum atomic E-state index is 12.8. The SMILES string of the molecule is Cc1ccc(S(=O)(=O)[C@H]2[C@H](CO)[C@@H]2c2cccc(Cl)c2)cc1. The molecule has 3 rings (SSSR count). The number of benzene rings is 2. The molecular weight excluding hydrogens is 320 g/mol. The van der Waals surface area contributed by atoms with Gasteiger partial charge < -0.3 is 5.11 Å². The lowest BCUT2D eigenvalue weighted by molar-refractivity contribution is 0.274. The predicted octanol–water partition coefficient (Wildman–Crippen LogP) is 3.20. The Hall–Kier alpha value is -1.36. The van der Waals surface area contributed by atoms with Crippen molar-refractivity contribution in [1.29, 1.82) is 0 Å². The van der Waals surface area contributed by atoms with Crippen molar-refractivity contribution in [3.05, 3.63) is 64.7 Å². The fourth-order valence-corrected chi connectivity index (χ4v) is 5.42. The summed E-state index contributed by atoms with van der Waals surface area (Å²) in [6, 6.07) is 14.0. The topological polar surface area (TPSA) is 54.4 Å². The van der Waals surface area contributed by atoms with Gasteiger partial charge in [-0.05, 0) is 36.8 Å². The lowest BCUT2D eigenvalue weighted by Gasteiger charge is -2.05. The number of aryl methyl sites for hydroxylation is 1. The number of halogens is 1. The van der Waals surface area contributed by atoms with Crippen LogP contribution in [0.1, 0.15) is 17.0 Å². The first kappa shape index (κ1) is 15.5. The summed E-state index contributed by atoms with van der Waals surface area (Å²) in [5.74, 6) is -0.472. The number of aliphatic hydroxyl groups excluding tert-OH is 1. The van der Waals surface area contributed by atoms with Crippen LogP contribution in [0.3, 0.4) is 0 Å². The van der Waals surface area contributed by atoms with Gasteiger partial charge in [0, 0.05) is 23.5 Å². The Morgan fingerprint density at radius 3 is 2.41 bits per heavy atom. The summed E-state index contributed by atoms with van der Waals surface area (Å²) in [6.45, 7) is 1.77. The Balaban J connectivity index is 1.95. The second kappa shape index (κ2) is 5.69. The van der Waals surface area contributed by atoms with E-state index in [9.17, 15) is 13.5 Å². The molecule has 1 aliphatic rings. The summed E-state index contributed by atoms with van der Waals surface area (Å²) in [7, 11) is -3.46. The number of hydrogen-bond acceptors (Lipinski definition) is 3. The van der Waals surface area contributed by atoms with Crippen molar-refractivity contribution < 1.29 is 13.5 Å². The van der Waals surface area contributed by atoms with Crippen LogP contribution in [0, 0.1) is 12.8 Å². The van der Waals surface area contributed by atoms with Crippen LogP contribution in [0.15, 0.2) is 53.4 Å². The normalized spacial score (nSPS) is 24.2. The molecule has 116 valence electrons. The molecule has 1 fully saturated rings. The van der Waals surface area contributed by atoms with E-state index in [1.54, 1.807) is 42.5 Å². The molecule has 22 heavy (non-hydrogen) atoms. The van der Waals surface area contributed by atoms with Crippen LogP contribution in [0.2, 0.25) is 5.02 Å². The molecule has 0 amide bonds. The summed E-state index contributed by atoms with van der Waals surface area (Å²) in [4.78, 5) is 0.311. The summed E-state index contributed by atoms with van der Waals surface area (Å²) >= 11 is 5.99. The zero-order valence-corrected chi connectivity index (χ0v) is 13.7. The Labute approximate surface area is 135 Å². The third-order valence-corrected chi connectivity index (χ3v) is 6.77. The largest absolute Gasteiger partial charge is 0.396 e. The minimum Gasteiger partial charge on any atom is -0.396 e. The molecule has 0 aliphatic heterocycles. The molecule has 0 bridgehead atoms. The summed E-state index contributed by atoms with van der Waals surface area (Å²) in [6.07, 6.45) is 0. The molecule has 1 aliphatic carbocycles. The van der Waals surface area contributed by atoms with E-state index in [-0.39, 0.29) is 18.4 Å². The fraction of sp³-hybridized carbons (Fsp3) is 0.294. The highest BCUT2D eigenvalue weighted by molar-refractivity contribution is 7.92. The molecular formula is C17H17ClO3S. The summed E-state index contributed by atoms with van der Waals surface area (Å²) < 4.78 is 25.6. The lowest BCUT2D eigenvalue weighted by Crippen LogP contribution is -2.11. The second-order valence-corrected chi connectivity index (χ2v) is 8.29. The molecule has 0 heterocycles. The molecule has 2 aromatic carbocycles. The van der Waals surface area contributed by atoms with Crippen molar-refractivity contribution in [2.24, 2.45) is 5.92 Å². The molecule has 3 nitrogen and oxygen atoms in total. The van der Waals surface area contributed by atoms with Gasteiger partial charge in [-0.2, -0.15) is 0 Å². The standard InChI is InChI=1S/C17H17ClO3S/c1-11-5-7-14(8-6-11)22(20,21)17-15(10-19)16(17)12-3-2-4-13(18)9-12/h2-9,15-17,19H,10H2,1H3/t15-,16+,17+/m1/s1. The molecule has 0 unspecified atom stereocenters. The summed E-state index contributed by atoms with van der Waals surface area (Å²) in [5, 5.41) is 9.53. The van der Waals surface area contributed by atoms with E-state index in [0.29, 0.717) is 9.92 Å². The van der Waals surface area contributed by atoms with Crippen molar-refractivity contribution in [1.82, 2.24) is 0 Å². The van der Waals surface area contributed by atoms with E-state index in [4.69, 9.17) is 11.6 Å². The van der Waals surface area contributed by atoms with Gasteiger partial charge in [-0.15, -0.1) is 0 Å². The lowest BCUT2D eigenvalue weighted by atomic mass is 10.1. The second-order valence-electron chi connectivity index (χ2n) is 5.75. The van der Waals surface area contributed by atoms with Gasteiger partial charge in [-0.25, -0.2) is 8.42 Å². The van der Waals surface area contributed by atoms with Gasteiger partial charge in [0.2, 0.25) is 0 Å². The highest BCUT2D eigenvalue weighted by Crippen LogP contribution is 2.53. The van der Waals surface area contributed by atoms with E-state index < -0.39 is 15.1 Å². The van der Waals surface area contributed by atoms with E-state index in [1.165, 1.54) is 0 Å². The molecule has 1 N–H and O–H groups in total. The average Bonchev–Trinajstić information content (AvgIpc) is 3.23. The first-order chi connectivity index (χ1) is 10.4. The highest BCUT2D eigenvalue weighted by Gasteiger charge is 2.58. The fourth-order valence-electron chi connectivity index (χ4n) is 3.02. The molecule has 1 saturated carbocycles. The Bertz CT molecular complexity index is 784. The van der Waals surface area contributed by atoms with E-state index in [2.05, 4.69) is 0 Å². The maximum absolute atomic E-state index is 12.8. The summed E-state index contributed by atoms with van der Waals surface area (Å²) in [5.41, 5.74) is 1.88. The zero-order valence-electron chi connectivity index (χ0n) is 12.1. The monoisotopic (exact) mass is 336 g/mol. The molecule has 2 aromatic rings. The van der Waals surface area contributed by atoms with Crippen molar-refractivity contribution in [2.45, 2.75) is 23.0 Å². The molecule has 0 radical (unpaired) electrons. The van der Waals surface area contributed by atoms with Gasteiger partial charge in [0.25, 0.3) is 0 Å². The molecule has 0 aromatic heterocycles. The minimum absolute atomic E-state index is 0.146. The van der Waals surface area contributed by atoms with Gasteiger partial charge in [-0.1, -0.05) is 41.4 Å². The van der Waals surface area contributed by atoms with Gasteiger partial charge >= 0.3 is 0 Å². The zero-order chi connectivity index (χ0) is 15.9. The number of aliphatic hydroxyl groups is 1. The molecule has 3 atom stereocenters. The smallest absolute Gasteiger partial charge is 0.182 e. The van der Waals surface area contributed by atoms with Crippen LogP contribution in [0.5, 0.6) is 0 Å². The van der Waals surface area contributed by atoms with Crippen LogP contribution < -0.4 is 0 Å². The highest BCUT2D eigenvalue weighted by atomic mass is 35.5. The van der Waals surface area contributed by atoms with E-state index in [1.807, 2.05) is 13.0 Å². The van der Waals surface area contributed by atoms with E-state index >= 15 is 0 Å². The van der Waals surface area contributed by atoms with Crippen molar-refractivity contribution in [3.8, 4) is 0 Å². The van der Waals surface area contributed by atoms with Crippen molar-refractivity contribution in [3.63, 3.8) is 0 Å². The van der Waals surface area contributed by atoms with Crippen LogP contribution in [0.25, 0.3) is 0 Å². The van der Waals surface area contributed by atoms with Crippen LogP contribution in [-0.2, 0) is 9.84 Å². The average molecular weight is 337 g/mol. The number of rotatable bonds is 4. The quantitative estimate of drug-likeness (QED) is 0.932. The first-order valence-corrected chi connectivity index (χ1v) is 9.04. The number of sulfone groups is 1. The van der Waals surface area contributed by atoms with Crippen molar-refractivity contribution in [2.75, 3.05) is 6.61 Å². The Morgan fingerprint density at radius 1 is 1.14 bits per heavy atom. The Kier molecular flexibility index (Phi) is 4.02. The van der Waals surface area contributed by atoms with Crippen molar-refractivity contribution >= 4 is 21.4 Å². The minimum atomic E-state index is -3.46. The van der Waals surface area contributed by atoms with Crippen LogP contribution in [0.4, 0.5) is 0 Å². The third-order valence-electron chi connectivity index (χ3n) is 4.25. The van der Waals surface area contributed by atoms with Gasteiger partial charge in [-0.3, -0.25) is 0 Å². The van der Waals surface area contributed by atoms with Crippen LogP contribution >= 0.6 is 11.6 Å². The molecule has 0 saturated heterocycles. The van der Waals surface area contributed by atoms with Gasteiger partial charge in [0.05, 0.1) is 10.1 Å².